The van der Waals surface area contributed by atoms with Crippen molar-refractivity contribution in [2.75, 3.05) is 17.7 Å². The van der Waals surface area contributed by atoms with Crippen molar-refractivity contribution in [3.8, 4) is 5.75 Å². The summed E-state index contributed by atoms with van der Waals surface area (Å²) < 4.78 is 7.76. The smallest absolute Gasteiger partial charge is 0.234 e. The zero-order valence-electron chi connectivity index (χ0n) is 17.4. The van der Waals surface area contributed by atoms with Gasteiger partial charge in [0.15, 0.2) is 5.16 Å². The van der Waals surface area contributed by atoms with Crippen LogP contribution < -0.4 is 10.1 Å². The molecule has 0 aliphatic rings. The molecule has 2 aromatic carbocycles. The van der Waals surface area contributed by atoms with E-state index < -0.39 is 0 Å². The average molecular weight is 479 g/mol. The van der Waals surface area contributed by atoms with Crippen LogP contribution in [0.3, 0.4) is 0 Å². The van der Waals surface area contributed by atoms with Crippen molar-refractivity contribution in [3.63, 3.8) is 0 Å². The molecule has 0 radical (unpaired) electrons. The van der Waals surface area contributed by atoms with Crippen LogP contribution in [-0.2, 0) is 17.8 Å². The van der Waals surface area contributed by atoms with Crippen LogP contribution in [-0.4, -0.2) is 33.0 Å². The number of aromatic nitrogens is 3. The van der Waals surface area contributed by atoms with Gasteiger partial charge in [0.1, 0.15) is 11.6 Å². The maximum Gasteiger partial charge on any atom is 0.234 e. The van der Waals surface area contributed by atoms with Crippen LogP contribution in [0.2, 0.25) is 10.0 Å². The zero-order chi connectivity index (χ0) is 22.2. The second kappa shape index (κ2) is 11.4. The Morgan fingerprint density at radius 2 is 1.94 bits per heavy atom. The lowest BCUT2D eigenvalue weighted by Crippen LogP contribution is -2.14. The number of hydrogen-bond donors (Lipinski definition) is 1. The Hall–Kier alpha value is -2.22. The van der Waals surface area contributed by atoms with Gasteiger partial charge in [-0.3, -0.25) is 4.79 Å². The van der Waals surface area contributed by atoms with Crippen LogP contribution in [0.15, 0.2) is 47.6 Å². The fourth-order valence-electron chi connectivity index (χ4n) is 2.90. The number of anilines is 1. The predicted octanol–water partition coefficient (Wildman–Crippen LogP) is 5.66. The summed E-state index contributed by atoms with van der Waals surface area (Å²) in [5.41, 5.74) is 1.94. The van der Waals surface area contributed by atoms with E-state index in [4.69, 9.17) is 27.9 Å². The van der Waals surface area contributed by atoms with Gasteiger partial charge in [-0.25, -0.2) is 0 Å². The van der Waals surface area contributed by atoms with E-state index in [1.54, 1.807) is 18.2 Å². The van der Waals surface area contributed by atoms with Gasteiger partial charge in [-0.1, -0.05) is 52.7 Å². The summed E-state index contributed by atoms with van der Waals surface area (Å²) in [5, 5.41) is 13.2. The lowest BCUT2D eigenvalue weighted by molar-refractivity contribution is -0.113. The Morgan fingerprint density at radius 1 is 1.16 bits per heavy atom. The molecule has 0 aliphatic carbocycles. The first kappa shape index (κ1) is 23.4. The molecule has 0 saturated carbocycles. The molecule has 3 aromatic rings. The molecular formula is C22H24Cl2N4O2S. The second-order valence-electron chi connectivity index (χ2n) is 6.87. The maximum absolute atomic E-state index is 12.2. The van der Waals surface area contributed by atoms with Gasteiger partial charge in [0, 0.05) is 23.7 Å². The summed E-state index contributed by atoms with van der Waals surface area (Å²) in [7, 11) is 0. The van der Waals surface area contributed by atoms with Crippen molar-refractivity contribution in [2.45, 2.75) is 38.4 Å². The minimum absolute atomic E-state index is 0.0747. The number of amides is 1. The predicted molar refractivity (Wildman–Crippen MR) is 127 cm³/mol. The normalized spacial score (nSPS) is 10.8. The molecule has 1 heterocycles. The van der Waals surface area contributed by atoms with Gasteiger partial charge in [0.2, 0.25) is 5.91 Å². The molecule has 9 heteroatoms. The number of ether oxygens (including phenoxy) is 1. The van der Waals surface area contributed by atoms with Gasteiger partial charge < -0.3 is 14.6 Å². The van der Waals surface area contributed by atoms with Gasteiger partial charge in [0.05, 0.1) is 17.4 Å². The first-order valence-electron chi connectivity index (χ1n) is 9.95. The van der Waals surface area contributed by atoms with E-state index in [9.17, 15) is 4.79 Å². The minimum Gasteiger partial charge on any atom is -0.492 e. The summed E-state index contributed by atoms with van der Waals surface area (Å²) in [6, 6.07) is 12.9. The van der Waals surface area contributed by atoms with Gasteiger partial charge in [0.25, 0.3) is 0 Å². The Labute approximate surface area is 196 Å². The summed E-state index contributed by atoms with van der Waals surface area (Å²) in [6.07, 6.45) is 1.47. The van der Waals surface area contributed by atoms with Gasteiger partial charge in [-0.05, 0) is 50.6 Å². The number of carbonyl (C=O) groups is 1. The Morgan fingerprint density at radius 3 is 2.65 bits per heavy atom. The Kier molecular flexibility index (Phi) is 8.63. The molecule has 1 aromatic heterocycles. The highest BCUT2D eigenvalue weighted by Gasteiger charge is 2.13. The molecule has 0 aliphatic heterocycles. The van der Waals surface area contributed by atoms with E-state index >= 15 is 0 Å². The second-order valence-corrected chi connectivity index (χ2v) is 8.66. The minimum atomic E-state index is -0.0747. The molecule has 0 spiro atoms. The number of hydrogen-bond acceptors (Lipinski definition) is 5. The molecule has 0 fully saturated rings. The fourth-order valence-corrected chi connectivity index (χ4v) is 4.18. The van der Waals surface area contributed by atoms with Crippen molar-refractivity contribution in [1.29, 1.82) is 0 Å². The van der Waals surface area contributed by atoms with Crippen LogP contribution in [0.25, 0.3) is 0 Å². The van der Waals surface area contributed by atoms with Crippen LogP contribution >= 0.6 is 35.0 Å². The van der Waals surface area contributed by atoms with Crippen molar-refractivity contribution < 1.29 is 9.53 Å². The monoisotopic (exact) mass is 478 g/mol. The SMILES string of the molecule is CCn1c(CCCOc2ccc(Cl)cc2Cl)nnc1SCC(=O)Nc1ccc(C)cc1. The van der Waals surface area contributed by atoms with Crippen molar-refractivity contribution >= 4 is 46.6 Å². The third-order valence-electron chi connectivity index (χ3n) is 4.47. The van der Waals surface area contributed by atoms with E-state index in [0.717, 1.165) is 35.2 Å². The van der Waals surface area contributed by atoms with Gasteiger partial charge >= 0.3 is 0 Å². The van der Waals surface area contributed by atoms with Crippen LogP contribution in [0, 0.1) is 6.92 Å². The van der Waals surface area contributed by atoms with Crippen LogP contribution in [0.4, 0.5) is 5.69 Å². The number of nitrogens with one attached hydrogen (secondary N) is 1. The van der Waals surface area contributed by atoms with E-state index in [-0.39, 0.29) is 11.7 Å². The van der Waals surface area contributed by atoms with Crippen molar-refractivity contribution in [1.82, 2.24) is 14.8 Å². The fraction of sp³-hybridized carbons (Fsp3) is 0.318. The highest BCUT2D eigenvalue weighted by molar-refractivity contribution is 7.99. The first-order valence-corrected chi connectivity index (χ1v) is 11.7. The summed E-state index contributed by atoms with van der Waals surface area (Å²) in [4.78, 5) is 12.2. The molecule has 31 heavy (non-hydrogen) atoms. The molecule has 0 saturated heterocycles. The molecule has 0 bridgehead atoms. The molecule has 0 atom stereocenters. The molecular weight excluding hydrogens is 455 g/mol. The maximum atomic E-state index is 12.2. The largest absolute Gasteiger partial charge is 0.492 e. The number of rotatable bonds is 10. The van der Waals surface area contributed by atoms with Crippen molar-refractivity contribution in [3.05, 3.63) is 63.9 Å². The standard InChI is InChI=1S/C22H24Cl2N4O2S/c1-3-28-20(5-4-12-30-19-11-8-16(23)13-18(19)24)26-27-22(28)31-14-21(29)25-17-9-6-15(2)7-10-17/h6-11,13H,3-5,12,14H2,1-2H3,(H,25,29). The lowest BCUT2D eigenvalue weighted by Gasteiger charge is -2.09. The van der Waals surface area contributed by atoms with E-state index in [1.165, 1.54) is 11.8 Å². The summed E-state index contributed by atoms with van der Waals surface area (Å²) in [6.45, 7) is 5.27. The third-order valence-corrected chi connectivity index (χ3v) is 5.97. The number of nitrogens with zero attached hydrogens (tertiary/aromatic N) is 3. The summed E-state index contributed by atoms with van der Waals surface area (Å²) >= 11 is 13.4. The number of carbonyl (C=O) groups excluding carboxylic acids is 1. The molecule has 6 nitrogen and oxygen atoms in total. The lowest BCUT2D eigenvalue weighted by atomic mass is 10.2. The molecule has 164 valence electrons. The number of thioether (sulfide) groups is 1. The third kappa shape index (κ3) is 6.89. The number of benzene rings is 2. The van der Waals surface area contributed by atoms with Crippen molar-refractivity contribution in [2.24, 2.45) is 0 Å². The Balaban J connectivity index is 1.48. The molecule has 0 unspecified atom stereocenters. The first-order chi connectivity index (χ1) is 15.0. The van der Waals surface area contributed by atoms with Crippen LogP contribution in [0.1, 0.15) is 24.7 Å². The van der Waals surface area contributed by atoms with E-state index in [2.05, 4.69) is 15.5 Å². The summed E-state index contributed by atoms with van der Waals surface area (Å²) in [5.74, 6) is 1.67. The quantitative estimate of drug-likeness (QED) is 0.300. The Bertz CT molecular complexity index is 1020. The highest BCUT2D eigenvalue weighted by Crippen LogP contribution is 2.27. The van der Waals surface area contributed by atoms with Gasteiger partial charge in [-0.15, -0.1) is 10.2 Å². The topological polar surface area (TPSA) is 69.0 Å². The van der Waals surface area contributed by atoms with E-state index in [1.807, 2.05) is 42.7 Å². The van der Waals surface area contributed by atoms with Crippen LogP contribution in [0.5, 0.6) is 5.75 Å². The number of aryl methyl sites for hydroxylation is 2. The van der Waals surface area contributed by atoms with Gasteiger partial charge in [-0.2, -0.15) is 0 Å². The number of halogens is 2. The average Bonchev–Trinajstić information content (AvgIpc) is 3.14. The van der Waals surface area contributed by atoms with E-state index in [0.29, 0.717) is 28.8 Å². The highest BCUT2D eigenvalue weighted by atomic mass is 35.5. The molecule has 3 rings (SSSR count). The molecule has 1 N–H and O–H groups in total. The zero-order valence-corrected chi connectivity index (χ0v) is 19.7. The molecule has 1 amide bonds.